The Labute approximate surface area is 107 Å². The molecule has 0 amide bonds. The molecule has 1 aromatic heterocycles. The maximum atomic E-state index is 5.99. The molecule has 1 N–H and O–H groups in total. The molecular formula is C13H18ClN3. The fourth-order valence-electron chi connectivity index (χ4n) is 2.92. The minimum atomic E-state index is 0.682. The zero-order chi connectivity index (χ0) is 11.7. The highest BCUT2D eigenvalue weighted by atomic mass is 35.5. The molecule has 0 aromatic carbocycles. The lowest BCUT2D eigenvalue weighted by Gasteiger charge is -2.23. The quantitative estimate of drug-likeness (QED) is 0.872. The molecule has 3 nitrogen and oxygen atoms in total. The average Bonchev–Trinajstić information content (AvgIpc) is 2.63. The van der Waals surface area contributed by atoms with E-state index in [0.29, 0.717) is 6.04 Å². The van der Waals surface area contributed by atoms with Gasteiger partial charge in [-0.1, -0.05) is 11.6 Å². The Morgan fingerprint density at radius 1 is 1.35 bits per heavy atom. The highest BCUT2D eigenvalue weighted by molar-refractivity contribution is 6.30. The van der Waals surface area contributed by atoms with Crippen molar-refractivity contribution in [3.05, 3.63) is 29.0 Å². The molecule has 2 aliphatic rings. The van der Waals surface area contributed by atoms with Gasteiger partial charge in [-0.05, 0) is 31.4 Å². The molecule has 2 bridgehead atoms. The van der Waals surface area contributed by atoms with E-state index in [4.69, 9.17) is 11.6 Å². The summed E-state index contributed by atoms with van der Waals surface area (Å²) < 4.78 is 0. The normalized spacial score (nSPS) is 29.2. The van der Waals surface area contributed by atoms with E-state index >= 15 is 0 Å². The van der Waals surface area contributed by atoms with Crippen molar-refractivity contribution in [2.45, 2.75) is 37.9 Å². The van der Waals surface area contributed by atoms with Crippen molar-refractivity contribution in [2.75, 3.05) is 13.1 Å². The van der Waals surface area contributed by atoms with Crippen LogP contribution in [0.2, 0.25) is 5.02 Å². The van der Waals surface area contributed by atoms with E-state index in [1.165, 1.54) is 25.8 Å². The van der Waals surface area contributed by atoms with Crippen molar-refractivity contribution >= 4 is 11.6 Å². The van der Waals surface area contributed by atoms with Gasteiger partial charge in [0.2, 0.25) is 0 Å². The van der Waals surface area contributed by atoms with Crippen LogP contribution in [-0.4, -0.2) is 35.1 Å². The first-order valence-electron chi connectivity index (χ1n) is 6.38. The van der Waals surface area contributed by atoms with Crippen molar-refractivity contribution in [1.29, 1.82) is 0 Å². The van der Waals surface area contributed by atoms with Gasteiger partial charge in [-0.15, -0.1) is 0 Å². The second-order valence-electron chi connectivity index (χ2n) is 5.13. The molecule has 3 heterocycles. The van der Waals surface area contributed by atoms with E-state index in [1.54, 1.807) is 6.20 Å². The first-order chi connectivity index (χ1) is 8.29. The lowest BCUT2D eigenvalue weighted by Crippen LogP contribution is -2.35. The van der Waals surface area contributed by atoms with Crippen LogP contribution in [0, 0.1) is 0 Å². The van der Waals surface area contributed by atoms with Crippen LogP contribution in [0.3, 0.4) is 0 Å². The summed E-state index contributed by atoms with van der Waals surface area (Å²) in [6, 6.07) is 5.23. The smallest absolute Gasteiger partial charge is 0.0558 e. The molecule has 2 saturated heterocycles. The summed E-state index contributed by atoms with van der Waals surface area (Å²) in [4.78, 5) is 6.88. The molecule has 0 radical (unpaired) electrons. The second kappa shape index (κ2) is 4.92. The Hall–Kier alpha value is -0.640. The summed E-state index contributed by atoms with van der Waals surface area (Å²) in [5.41, 5.74) is 1.08. The Morgan fingerprint density at radius 3 is 3.12 bits per heavy atom. The number of nitrogens with one attached hydrogen (secondary N) is 1. The van der Waals surface area contributed by atoms with Crippen molar-refractivity contribution in [1.82, 2.24) is 15.2 Å². The van der Waals surface area contributed by atoms with Crippen molar-refractivity contribution in [3.63, 3.8) is 0 Å². The SMILES string of the molecule is Clc1ccnc(CN2CCC3CCC(C2)N3)c1. The predicted molar refractivity (Wildman–Crippen MR) is 69.1 cm³/mol. The van der Waals surface area contributed by atoms with Gasteiger partial charge in [0.05, 0.1) is 5.69 Å². The van der Waals surface area contributed by atoms with E-state index in [9.17, 15) is 0 Å². The molecule has 1 aromatic rings. The summed E-state index contributed by atoms with van der Waals surface area (Å²) in [6.45, 7) is 3.23. The summed E-state index contributed by atoms with van der Waals surface area (Å²) in [7, 11) is 0. The standard InChI is InChI=1S/C13H18ClN3/c14-10-3-5-15-13(7-10)9-17-6-4-11-1-2-12(8-17)16-11/h3,5,7,11-12,16H,1-2,4,6,8-9H2. The molecular weight excluding hydrogens is 234 g/mol. The third-order valence-corrected chi connectivity index (χ3v) is 4.01. The minimum absolute atomic E-state index is 0.682. The van der Waals surface area contributed by atoms with Gasteiger partial charge >= 0.3 is 0 Å². The lowest BCUT2D eigenvalue weighted by molar-refractivity contribution is 0.248. The van der Waals surface area contributed by atoms with Gasteiger partial charge in [-0.3, -0.25) is 9.88 Å². The molecule has 0 aliphatic carbocycles. The van der Waals surface area contributed by atoms with Gasteiger partial charge in [-0.2, -0.15) is 0 Å². The third kappa shape index (κ3) is 2.79. The van der Waals surface area contributed by atoms with Gasteiger partial charge in [0.25, 0.3) is 0 Å². The van der Waals surface area contributed by atoms with Crippen molar-refractivity contribution in [3.8, 4) is 0 Å². The van der Waals surface area contributed by atoms with Crippen LogP contribution < -0.4 is 5.32 Å². The summed E-state index contributed by atoms with van der Waals surface area (Å²) in [5.74, 6) is 0. The molecule has 2 atom stereocenters. The van der Waals surface area contributed by atoms with Crippen LogP contribution in [0.15, 0.2) is 18.3 Å². The Kier molecular flexibility index (Phi) is 3.32. The van der Waals surface area contributed by atoms with E-state index in [-0.39, 0.29) is 0 Å². The van der Waals surface area contributed by atoms with E-state index in [0.717, 1.165) is 29.8 Å². The molecule has 3 rings (SSSR count). The number of hydrogen-bond acceptors (Lipinski definition) is 3. The van der Waals surface area contributed by atoms with E-state index in [1.807, 2.05) is 12.1 Å². The van der Waals surface area contributed by atoms with E-state index in [2.05, 4.69) is 15.2 Å². The Bertz CT molecular complexity index is 396. The van der Waals surface area contributed by atoms with Crippen LogP contribution in [-0.2, 0) is 6.54 Å². The highest BCUT2D eigenvalue weighted by Gasteiger charge is 2.29. The molecule has 92 valence electrons. The molecule has 0 saturated carbocycles. The number of rotatable bonds is 2. The van der Waals surface area contributed by atoms with Crippen LogP contribution in [0.4, 0.5) is 0 Å². The molecule has 0 spiro atoms. The van der Waals surface area contributed by atoms with Gasteiger partial charge in [-0.25, -0.2) is 0 Å². The Morgan fingerprint density at radius 2 is 2.24 bits per heavy atom. The molecule has 4 heteroatoms. The van der Waals surface area contributed by atoms with Gasteiger partial charge in [0.1, 0.15) is 0 Å². The fraction of sp³-hybridized carbons (Fsp3) is 0.615. The highest BCUT2D eigenvalue weighted by Crippen LogP contribution is 2.21. The molecule has 2 aliphatic heterocycles. The number of aromatic nitrogens is 1. The number of likely N-dealkylation sites (tertiary alicyclic amines) is 1. The second-order valence-corrected chi connectivity index (χ2v) is 5.56. The first-order valence-corrected chi connectivity index (χ1v) is 6.76. The number of halogens is 1. The van der Waals surface area contributed by atoms with Crippen molar-refractivity contribution < 1.29 is 0 Å². The third-order valence-electron chi connectivity index (χ3n) is 3.77. The minimum Gasteiger partial charge on any atom is -0.310 e. The zero-order valence-electron chi connectivity index (χ0n) is 9.90. The van der Waals surface area contributed by atoms with Crippen molar-refractivity contribution in [2.24, 2.45) is 0 Å². The van der Waals surface area contributed by atoms with Crippen LogP contribution >= 0.6 is 11.6 Å². The Balaban J connectivity index is 1.65. The molecule has 17 heavy (non-hydrogen) atoms. The van der Waals surface area contributed by atoms with Crippen LogP contribution in [0.25, 0.3) is 0 Å². The predicted octanol–water partition coefficient (Wildman–Crippen LogP) is 2.06. The molecule has 2 unspecified atom stereocenters. The molecule has 2 fully saturated rings. The maximum Gasteiger partial charge on any atom is 0.0558 e. The monoisotopic (exact) mass is 251 g/mol. The number of pyridine rings is 1. The zero-order valence-corrected chi connectivity index (χ0v) is 10.7. The summed E-state index contributed by atoms with van der Waals surface area (Å²) in [5, 5.41) is 4.47. The fourth-order valence-corrected chi connectivity index (χ4v) is 3.11. The lowest BCUT2D eigenvalue weighted by atomic mass is 10.1. The van der Waals surface area contributed by atoms with Crippen LogP contribution in [0.1, 0.15) is 25.0 Å². The number of fused-ring (bicyclic) bond motifs is 2. The van der Waals surface area contributed by atoms with E-state index < -0.39 is 0 Å². The summed E-state index contributed by atoms with van der Waals surface area (Å²) in [6.07, 6.45) is 5.73. The number of hydrogen-bond donors (Lipinski definition) is 1. The van der Waals surface area contributed by atoms with Gasteiger partial charge in [0.15, 0.2) is 0 Å². The average molecular weight is 252 g/mol. The van der Waals surface area contributed by atoms with Gasteiger partial charge < -0.3 is 5.32 Å². The summed E-state index contributed by atoms with van der Waals surface area (Å²) >= 11 is 5.99. The topological polar surface area (TPSA) is 28.2 Å². The van der Waals surface area contributed by atoms with Gasteiger partial charge in [0, 0.05) is 42.9 Å². The number of nitrogens with zero attached hydrogens (tertiary/aromatic N) is 2. The first kappa shape index (κ1) is 11.5. The van der Waals surface area contributed by atoms with Crippen LogP contribution in [0.5, 0.6) is 0 Å². The largest absolute Gasteiger partial charge is 0.310 e. The maximum absolute atomic E-state index is 5.99.